The third kappa shape index (κ3) is 3.84. The molecule has 4 aromatic heterocycles. The van der Waals surface area contributed by atoms with E-state index in [0.29, 0.717) is 19.1 Å². The molecule has 0 spiro atoms. The molecule has 0 bridgehead atoms. The van der Waals surface area contributed by atoms with Gasteiger partial charge in [0.1, 0.15) is 0 Å². The Labute approximate surface area is 187 Å². The van der Waals surface area contributed by atoms with Crippen LogP contribution in [0.15, 0.2) is 32.5 Å². The van der Waals surface area contributed by atoms with Crippen molar-refractivity contribution in [2.45, 2.75) is 39.9 Å². The predicted octanol–water partition coefficient (Wildman–Crippen LogP) is 2.15. The van der Waals surface area contributed by atoms with Crippen molar-refractivity contribution in [2.24, 2.45) is 0 Å². The minimum Gasteiger partial charge on any atom is -0.295 e. The van der Waals surface area contributed by atoms with Crippen LogP contribution in [-0.2, 0) is 13.1 Å². The highest BCUT2D eigenvalue weighted by atomic mass is 32.1. The van der Waals surface area contributed by atoms with Crippen molar-refractivity contribution in [1.82, 2.24) is 28.6 Å². The maximum Gasteiger partial charge on any atom is 0.259 e. The van der Waals surface area contributed by atoms with Crippen molar-refractivity contribution in [3.8, 4) is 0 Å². The lowest BCUT2D eigenvalue weighted by molar-refractivity contribution is 0.0716. The lowest BCUT2D eigenvalue weighted by Gasteiger charge is -2.39. The summed E-state index contributed by atoms with van der Waals surface area (Å²) in [6.07, 6.45) is 0. The van der Waals surface area contributed by atoms with E-state index in [-0.39, 0.29) is 11.1 Å². The Balaban J connectivity index is 1.27. The van der Waals surface area contributed by atoms with Gasteiger partial charge in [-0.2, -0.15) is 0 Å². The van der Waals surface area contributed by atoms with Crippen LogP contribution in [0.1, 0.15) is 29.7 Å². The van der Waals surface area contributed by atoms with E-state index in [0.717, 1.165) is 52.3 Å². The third-order valence-electron chi connectivity index (χ3n) is 5.86. The van der Waals surface area contributed by atoms with Crippen LogP contribution in [0, 0.1) is 13.8 Å². The van der Waals surface area contributed by atoms with Gasteiger partial charge in [-0.15, -0.1) is 22.7 Å². The van der Waals surface area contributed by atoms with Crippen LogP contribution < -0.4 is 11.1 Å². The molecule has 1 aliphatic rings. The van der Waals surface area contributed by atoms with Crippen molar-refractivity contribution < 1.29 is 0 Å². The average Bonchev–Trinajstić information content (AvgIpc) is 3.27. The van der Waals surface area contributed by atoms with E-state index < -0.39 is 0 Å². The minimum absolute atomic E-state index is 0.0120. The topological polar surface area (TPSA) is 75.2 Å². The Bertz CT molecular complexity index is 1380. The van der Waals surface area contributed by atoms with Gasteiger partial charge in [0.25, 0.3) is 11.1 Å². The molecule has 1 saturated heterocycles. The van der Waals surface area contributed by atoms with Crippen LogP contribution in [0.3, 0.4) is 0 Å². The zero-order valence-corrected chi connectivity index (χ0v) is 19.4. The number of rotatable bonds is 4. The number of aromatic nitrogens is 4. The molecule has 8 nitrogen and oxygen atoms in total. The smallest absolute Gasteiger partial charge is 0.259 e. The summed E-state index contributed by atoms with van der Waals surface area (Å²) in [7, 11) is 0. The number of aryl methyl sites for hydroxylation is 2. The fourth-order valence-corrected chi connectivity index (χ4v) is 6.03. The number of hydrogen-bond acceptors (Lipinski definition) is 8. The van der Waals surface area contributed by atoms with Crippen molar-refractivity contribution in [3.05, 3.63) is 66.4 Å². The van der Waals surface area contributed by atoms with Crippen LogP contribution >= 0.6 is 22.7 Å². The van der Waals surface area contributed by atoms with E-state index in [4.69, 9.17) is 4.98 Å². The molecule has 0 saturated carbocycles. The molecule has 31 heavy (non-hydrogen) atoms. The molecular formula is C21H24N6O2S2. The Morgan fingerprint density at radius 1 is 0.903 bits per heavy atom. The van der Waals surface area contributed by atoms with E-state index in [1.165, 1.54) is 22.7 Å². The standard InChI is InChI=1S/C21H24N6O2S2/c1-13-8-24(9-16-6-18(28)26-14(2)11-30-20(26)22-16)4-5-25(13)10-17-7-19(29)27-15(3)12-31-21(27)23-17/h6-7,11-13H,4-5,8-10H2,1-3H3. The first-order chi connectivity index (χ1) is 14.9. The summed E-state index contributed by atoms with van der Waals surface area (Å²) in [5.74, 6) is 0. The Morgan fingerprint density at radius 3 is 2.00 bits per heavy atom. The Morgan fingerprint density at radius 2 is 1.45 bits per heavy atom. The van der Waals surface area contributed by atoms with Gasteiger partial charge < -0.3 is 0 Å². The number of fused-ring (bicyclic) bond motifs is 2. The van der Waals surface area contributed by atoms with Crippen molar-refractivity contribution in [1.29, 1.82) is 0 Å². The highest BCUT2D eigenvalue weighted by molar-refractivity contribution is 7.15. The average molecular weight is 457 g/mol. The van der Waals surface area contributed by atoms with Gasteiger partial charge in [-0.1, -0.05) is 0 Å². The van der Waals surface area contributed by atoms with Crippen LogP contribution in [0.2, 0.25) is 0 Å². The van der Waals surface area contributed by atoms with Gasteiger partial charge in [0.15, 0.2) is 9.92 Å². The Hall–Kier alpha value is -2.40. The van der Waals surface area contributed by atoms with Crippen molar-refractivity contribution in [2.75, 3.05) is 19.6 Å². The maximum atomic E-state index is 12.5. The molecule has 0 radical (unpaired) electrons. The maximum absolute atomic E-state index is 12.5. The molecule has 162 valence electrons. The second kappa shape index (κ2) is 7.94. The monoisotopic (exact) mass is 456 g/mol. The minimum atomic E-state index is -0.0124. The van der Waals surface area contributed by atoms with E-state index in [2.05, 4.69) is 21.7 Å². The van der Waals surface area contributed by atoms with E-state index in [9.17, 15) is 9.59 Å². The molecule has 10 heteroatoms. The molecule has 1 fully saturated rings. The van der Waals surface area contributed by atoms with Gasteiger partial charge in [-0.05, 0) is 20.8 Å². The second-order valence-corrected chi connectivity index (χ2v) is 9.89. The zero-order chi connectivity index (χ0) is 21.7. The van der Waals surface area contributed by atoms with E-state index in [1.54, 1.807) is 20.9 Å². The van der Waals surface area contributed by atoms with Gasteiger partial charge >= 0.3 is 0 Å². The molecular weight excluding hydrogens is 432 g/mol. The number of hydrogen-bond donors (Lipinski definition) is 0. The molecule has 0 aliphatic carbocycles. The molecule has 1 atom stereocenters. The molecule has 1 aliphatic heterocycles. The largest absolute Gasteiger partial charge is 0.295 e. The van der Waals surface area contributed by atoms with Gasteiger partial charge in [0, 0.05) is 73.0 Å². The van der Waals surface area contributed by atoms with Crippen LogP contribution in [0.5, 0.6) is 0 Å². The highest BCUT2D eigenvalue weighted by Crippen LogP contribution is 2.17. The molecule has 1 unspecified atom stereocenters. The summed E-state index contributed by atoms with van der Waals surface area (Å²) in [4.78, 5) is 40.5. The van der Waals surface area contributed by atoms with Gasteiger partial charge in [0.05, 0.1) is 11.4 Å². The molecule has 0 amide bonds. The SMILES string of the molecule is Cc1csc2nc(CN3CCN(Cc4cc(=O)n5c(C)csc5n4)C(C)C3)cc(=O)n12. The lowest BCUT2D eigenvalue weighted by atomic mass is 10.1. The number of piperazine rings is 1. The second-order valence-electron chi connectivity index (χ2n) is 8.22. The molecule has 0 aromatic carbocycles. The first kappa shape index (κ1) is 20.5. The number of thiazole rings is 2. The molecule has 5 rings (SSSR count). The van der Waals surface area contributed by atoms with Crippen molar-refractivity contribution in [3.63, 3.8) is 0 Å². The first-order valence-corrected chi connectivity index (χ1v) is 12.0. The van der Waals surface area contributed by atoms with Crippen molar-refractivity contribution >= 4 is 32.6 Å². The summed E-state index contributed by atoms with van der Waals surface area (Å²) in [5.41, 5.74) is 3.47. The van der Waals surface area contributed by atoms with E-state index in [1.807, 2.05) is 24.6 Å². The Kier molecular flexibility index (Phi) is 5.25. The summed E-state index contributed by atoms with van der Waals surface area (Å²) in [5, 5.41) is 3.92. The first-order valence-electron chi connectivity index (χ1n) is 10.3. The fourth-order valence-electron chi connectivity index (χ4n) is 4.25. The van der Waals surface area contributed by atoms with Gasteiger partial charge in [0.2, 0.25) is 0 Å². The lowest BCUT2D eigenvalue weighted by Crippen LogP contribution is -2.51. The number of nitrogens with zero attached hydrogens (tertiary/aromatic N) is 6. The highest BCUT2D eigenvalue weighted by Gasteiger charge is 2.25. The summed E-state index contributed by atoms with van der Waals surface area (Å²) >= 11 is 3.00. The van der Waals surface area contributed by atoms with Crippen LogP contribution in [0.4, 0.5) is 0 Å². The van der Waals surface area contributed by atoms with Gasteiger partial charge in [-0.3, -0.25) is 28.2 Å². The van der Waals surface area contributed by atoms with E-state index >= 15 is 0 Å². The molecule has 5 heterocycles. The molecule has 0 N–H and O–H groups in total. The zero-order valence-electron chi connectivity index (χ0n) is 17.7. The quantitative estimate of drug-likeness (QED) is 0.468. The third-order valence-corrected chi connectivity index (χ3v) is 7.74. The molecule has 4 aromatic rings. The van der Waals surface area contributed by atoms with Gasteiger partial charge in [-0.25, -0.2) is 9.97 Å². The normalized spacial score (nSPS) is 18.4. The fraction of sp³-hybridized carbons (Fsp3) is 0.429. The van der Waals surface area contributed by atoms with Crippen LogP contribution in [-0.4, -0.2) is 54.2 Å². The summed E-state index contributed by atoms with van der Waals surface area (Å²) < 4.78 is 3.33. The van der Waals surface area contributed by atoms with Crippen LogP contribution in [0.25, 0.3) is 9.92 Å². The summed E-state index contributed by atoms with van der Waals surface area (Å²) in [6, 6.07) is 3.62. The predicted molar refractivity (Wildman–Crippen MR) is 123 cm³/mol. The summed E-state index contributed by atoms with van der Waals surface area (Å²) in [6.45, 7) is 10.0.